The van der Waals surface area contributed by atoms with Gasteiger partial charge >= 0.3 is 0 Å². The molecule has 2 N–H and O–H groups in total. The first-order valence-corrected chi connectivity index (χ1v) is 9.50. The average molecular weight is 424 g/mol. The molecule has 0 heterocycles. The Bertz CT molecular complexity index is 1030. The molecule has 0 saturated carbocycles. The first kappa shape index (κ1) is 23.3. The van der Waals surface area contributed by atoms with E-state index in [4.69, 9.17) is 0 Å². The van der Waals surface area contributed by atoms with Crippen molar-refractivity contribution in [3.8, 4) is 0 Å². The highest BCUT2D eigenvalue weighted by Gasteiger charge is 2.13. The van der Waals surface area contributed by atoms with Gasteiger partial charge in [-0.05, 0) is 35.8 Å². The monoisotopic (exact) mass is 424 g/mol. The fourth-order valence-corrected chi connectivity index (χ4v) is 2.72. The second-order valence-corrected chi connectivity index (χ2v) is 7.03. The van der Waals surface area contributed by atoms with Crippen LogP contribution in [0.4, 0.5) is 11.4 Å². The maximum atomic E-state index is 12.7. The van der Waals surface area contributed by atoms with E-state index >= 15 is 0 Å². The summed E-state index contributed by atoms with van der Waals surface area (Å²) in [6.07, 6.45) is 2.22. The van der Waals surface area contributed by atoms with Crippen molar-refractivity contribution in [3.05, 3.63) is 75.5 Å². The summed E-state index contributed by atoms with van der Waals surface area (Å²) in [4.78, 5) is 48.0. The minimum atomic E-state index is -0.580. The zero-order chi connectivity index (χ0) is 23.0. The number of nitrogens with zero attached hydrogens (tertiary/aromatic N) is 2. The lowest BCUT2D eigenvalue weighted by molar-refractivity contribution is -0.384. The minimum Gasteiger partial charge on any atom is -0.349 e. The Morgan fingerprint density at radius 2 is 1.81 bits per heavy atom. The quantitative estimate of drug-likeness (QED) is 0.383. The average Bonchev–Trinajstić information content (AvgIpc) is 2.71. The molecule has 0 aromatic heterocycles. The molecule has 0 spiro atoms. The Morgan fingerprint density at radius 1 is 1.10 bits per heavy atom. The molecular weight excluding hydrogens is 400 g/mol. The number of amides is 3. The predicted octanol–water partition coefficient (Wildman–Crippen LogP) is 2.73. The molecule has 0 aliphatic carbocycles. The van der Waals surface area contributed by atoms with Crippen LogP contribution in [-0.2, 0) is 20.8 Å². The molecule has 2 rings (SSSR count). The third kappa shape index (κ3) is 7.39. The predicted molar refractivity (Wildman–Crippen MR) is 117 cm³/mol. The van der Waals surface area contributed by atoms with E-state index in [9.17, 15) is 24.5 Å². The van der Waals surface area contributed by atoms with Crippen molar-refractivity contribution in [2.24, 2.45) is 0 Å². The van der Waals surface area contributed by atoms with Gasteiger partial charge in [-0.3, -0.25) is 24.5 Å². The fraction of sp³-hybridized carbons (Fsp3) is 0.227. The van der Waals surface area contributed by atoms with Crippen LogP contribution in [0.15, 0.2) is 54.2 Å². The van der Waals surface area contributed by atoms with Gasteiger partial charge in [0.2, 0.25) is 11.8 Å². The van der Waals surface area contributed by atoms with Gasteiger partial charge in [0.15, 0.2) is 0 Å². The van der Waals surface area contributed by atoms with Crippen LogP contribution < -0.4 is 10.6 Å². The number of nitro groups is 1. The smallest absolute Gasteiger partial charge is 0.272 e. The fourth-order valence-electron chi connectivity index (χ4n) is 2.72. The van der Waals surface area contributed by atoms with Crippen molar-refractivity contribution in [1.29, 1.82) is 0 Å². The third-order valence-electron chi connectivity index (χ3n) is 4.26. The molecule has 31 heavy (non-hydrogen) atoms. The maximum absolute atomic E-state index is 12.7. The second kappa shape index (κ2) is 10.7. The standard InChI is InChI=1S/C22H24N4O5/c1-15(27)23-20(14-17-7-5-9-19(13-17)26(30)31)22(29)24-18-8-4-6-16(12-18)10-11-21(28)25(2)3/h4-9,12-14H,10-11H2,1-3H3,(H,23,27)(H,24,29)/b20-14+. The molecular formula is C22H24N4O5. The highest BCUT2D eigenvalue weighted by atomic mass is 16.6. The van der Waals surface area contributed by atoms with E-state index in [1.165, 1.54) is 36.1 Å². The Labute approximate surface area is 179 Å². The highest BCUT2D eigenvalue weighted by molar-refractivity contribution is 6.08. The molecule has 0 bridgehead atoms. The Hall–Kier alpha value is -4.01. The summed E-state index contributed by atoms with van der Waals surface area (Å²) in [5, 5.41) is 16.1. The number of carbonyl (C=O) groups excluding carboxylic acids is 3. The number of nitrogens with one attached hydrogen (secondary N) is 2. The molecule has 0 fully saturated rings. The summed E-state index contributed by atoms with van der Waals surface area (Å²) in [5.41, 5.74) is 1.58. The normalized spacial score (nSPS) is 10.9. The maximum Gasteiger partial charge on any atom is 0.272 e. The zero-order valence-electron chi connectivity index (χ0n) is 17.5. The van der Waals surface area contributed by atoms with Crippen LogP contribution in [0.25, 0.3) is 6.08 Å². The lowest BCUT2D eigenvalue weighted by Gasteiger charge is -2.12. The number of anilines is 1. The van der Waals surface area contributed by atoms with E-state index in [-0.39, 0.29) is 17.3 Å². The molecule has 0 unspecified atom stereocenters. The first-order valence-electron chi connectivity index (χ1n) is 9.50. The summed E-state index contributed by atoms with van der Waals surface area (Å²) in [7, 11) is 3.38. The van der Waals surface area contributed by atoms with Crippen molar-refractivity contribution in [3.63, 3.8) is 0 Å². The topological polar surface area (TPSA) is 122 Å². The SMILES string of the molecule is CC(=O)N/C(=C/c1cccc([N+](=O)[O-])c1)C(=O)Nc1cccc(CCC(=O)N(C)C)c1. The molecule has 0 aliphatic rings. The number of carbonyl (C=O) groups is 3. The number of non-ortho nitro benzene ring substituents is 1. The van der Waals surface area contributed by atoms with Crippen LogP contribution in [0.2, 0.25) is 0 Å². The molecule has 0 saturated heterocycles. The lowest BCUT2D eigenvalue weighted by atomic mass is 10.1. The summed E-state index contributed by atoms with van der Waals surface area (Å²) >= 11 is 0. The Kier molecular flexibility index (Phi) is 8.01. The van der Waals surface area contributed by atoms with Crippen LogP contribution in [-0.4, -0.2) is 41.6 Å². The minimum absolute atomic E-state index is 0.00210. The van der Waals surface area contributed by atoms with Gasteiger partial charge in [0, 0.05) is 45.3 Å². The molecule has 162 valence electrons. The first-order chi connectivity index (χ1) is 14.7. The van der Waals surface area contributed by atoms with E-state index < -0.39 is 16.7 Å². The van der Waals surface area contributed by atoms with Crippen LogP contribution in [0.1, 0.15) is 24.5 Å². The highest BCUT2D eigenvalue weighted by Crippen LogP contribution is 2.17. The van der Waals surface area contributed by atoms with E-state index in [0.717, 1.165) is 5.56 Å². The van der Waals surface area contributed by atoms with Crippen molar-refractivity contribution in [1.82, 2.24) is 10.2 Å². The molecule has 0 radical (unpaired) electrons. The Morgan fingerprint density at radius 3 is 2.45 bits per heavy atom. The van der Waals surface area contributed by atoms with Gasteiger partial charge in [0.1, 0.15) is 5.70 Å². The summed E-state index contributed by atoms with van der Waals surface area (Å²) in [6, 6.07) is 12.8. The van der Waals surface area contributed by atoms with Crippen LogP contribution in [0.5, 0.6) is 0 Å². The number of nitro benzene ring substituents is 1. The Balaban J connectivity index is 2.20. The number of aryl methyl sites for hydroxylation is 1. The van der Waals surface area contributed by atoms with Crippen molar-refractivity contribution in [2.45, 2.75) is 19.8 Å². The molecule has 0 aliphatic heterocycles. The molecule has 0 atom stereocenters. The zero-order valence-corrected chi connectivity index (χ0v) is 17.5. The van der Waals surface area contributed by atoms with Gasteiger partial charge in [0.05, 0.1) is 4.92 Å². The lowest BCUT2D eigenvalue weighted by Crippen LogP contribution is -2.29. The summed E-state index contributed by atoms with van der Waals surface area (Å²) in [5.74, 6) is -1.03. The van der Waals surface area contributed by atoms with Crippen LogP contribution in [0, 0.1) is 10.1 Å². The largest absolute Gasteiger partial charge is 0.349 e. The van der Waals surface area contributed by atoms with E-state index in [0.29, 0.717) is 24.1 Å². The number of hydrogen-bond acceptors (Lipinski definition) is 5. The second-order valence-electron chi connectivity index (χ2n) is 7.03. The van der Waals surface area contributed by atoms with Crippen molar-refractivity contribution >= 4 is 35.2 Å². The van der Waals surface area contributed by atoms with Gasteiger partial charge in [-0.2, -0.15) is 0 Å². The molecule has 2 aromatic rings. The number of rotatable bonds is 8. The van der Waals surface area contributed by atoms with Gasteiger partial charge in [-0.25, -0.2) is 0 Å². The van der Waals surface area contributed by atoms with Gasteiger partial charge in [-0.15, -0.1) is 0 Å². The van der Waals surface area contributed by atoms with Crippen LogP contribution >= 0.6 is 0 Å². The van der Waals surface area contributed by atoms with Gasteiger partial charge < -0.3 is 15.5 Å². The molecule has 3 amide bonds. The van der Waals surface area contributed by atoms with Crippen LogP contribution in [0.3, 0.4) is 0 Å². The van der Waals surface area contributed by atoms with E-state index in [1.54, 1.807) is 38.4 Å². The summed E-state index contributed by atoms with van der Waals surface area (Å²) < 4.78 is 0. The molecule has 2 aromatic carbocycles. The van der Waals surface area contributed by atoms with Gasteiger partial charge in [-0.1, -0.05) is 24.3 Å². The van der Waals surface area contributed by atoms with Crippen molar-refractivity contribution in [2.75, 3.05) is 19.4 Å². The van der Waals surface area contributed by atoms with Crippen molar-refractivity contribution < 1.29 is 19.3 Å². The molecule has 9 heteroatoms. The number of benzene rings is 2. The van der Waals surface area contributed by atoms with E-state index in [2.05, 4.69) is 10.6 Å². The summed E-state index contributed by atoms with van der Waals surface area (Å²) in [6.45, 7) is 1.26. The van der Waals surface area contributed by atoms with E-state index in [1.807, 2.05) is 6.07 Å². The third-order valence-corrected chi connectivity index (χ3v) is 4.26. The molecule has 9 nitrogen and oxygen atoms in total. The van der Waals surface area contributed by atoms with Gasteiger partial charge in [0.25, 0.3) is 11.6 Å². The number of hydrogen-bond donors (Lipinski definition) is 2.